The molecule has 1 aromatic heterocycles. The number of rotatable bonds is 6. The second-order valence-electron chi connectivity index (χ2n) is 6.78. The van der Waals surface area contributed by atoms with E-state index in [1.54, 1.807) is 31.0 Å². The van der Waals surface area contributed by atoms with Crippen LogP contribution in [0.5, 0.6) is 11.5 Å². The molecule has 2 aromatic carbocycles. The second-order valence-corrected chi connectivity index (χ2v) is 7.21. The highest BCUT2D eigenvalue weighted by Gasteiger charge is 2.27. The fraction of sp³-hybridized carbons (Fsp3) is 0.286. The Morgan fingerprint density at radius 3 is 2.77 bits per heavy atom. The van der Waals surface area contributed by atoms with Crippen LogP contribution in [0.25, 0.3) is 0 Å². The molecule has 0 saturated carbocycles. The molecule has 0 fully saturated rings. The van der Waals surface area contributed by atoms with Crippen LogP contribution in [-0.4, -0.2) is 35.1 Å². The molecule has 1 atom stereocenters. The van der Waals surface area contributed by atoms with Gasteiger partial charge in [-0.15, -0.1) is 5.10 Å². The normalized spacial score (nSPS) is 15.4. The summed E-state index contributed by atoms with van der Waals surface area (Å²) in [7, 11) is 3.17. The van der Waals surface area contributed by atoms with E-state index in [2.05, 4.69) is 15.6 Å². The van der Waals surface area contributed by atoms with Gasteiger partial charge in [-0.1, -0.05) is 28.9 Å². The van der Waals surface area contributed by atoms with E-state index in [4.69, 9.17) is 25.8 Å². The number of carbonyl (C=O) groups excluding carboxylic acids is 1. The number of hydrogen-bond donors (Lipinski definition) is 1. The maximum Gasteiger partial charge on any atom is 0.274 e. The van der Waals surface area contributed by atoms with Crippen molar-refractivity contribution in [3.05, 3.63) is 70.0 Å². The van der Waals surface area contributed by atoms with Crippen molar-refractivity contribution in [2.24, 2.45) is 0 Å². The van der Waals surface area contributed by atoms with Crippen molar-refractivity contribution in [1.29, 1.82) is 0 Å². The quantitative estimate of drug-likeness (QED) is 0.649. The molecule has 1 N–H and O–H groups in total. The lowest BCUT2D eigenvalue weighted by Crippen LogP contribution is -2.27. The summed E-state index contributed by atoms with van der Waals surface area (Å²) in [6.07, 6.45) is -0.173. The molecule has 8 nitrogen and oxygen atoms in total. The van der Waals surface area contributed by atoms with Crippen molar-refractivity contribution in [1.82, 2.24) is 20.3 Å². The molecule has 0 bridgehead atoms. The molecule has 0 saturated heterocycles. The molecular formula is C21H21ClN4O4. The lowest BCUT2D eigenvalue weighted by molar-refractivity contribution is -0.00177. The van der Waals surface area contributed by atoms with Crippen molar-refractivity contribution in [2.45, 2.75) is 25.8 Å². The van der Waals surface area contributed by atoms with E-state index >= 15 is 0 Å². The monoisotopic (exact) mass is 428 g/mol. The summed E-state index contributed by atoms with van der Waals surface area (Å²) in [6, 6.07) is 12.9. The Bertz CT molecular complexity index is 1050. The predicted molar refractivity (Wildman–Crippen MR) is 110 cm³/mol. The summed E-state index contributed by atoms with van der Waals surface area (Å²) >= 11 is 5.95. The minimum atomic E-state index is -0.324. The number of halogens is 1. The maximum absolute atomic E-state index is 12.7. The highest BCUT2D eigenvalue weighted by atomic mass is 35.5. The van der Waals surface area contributed by atoms with E-state index in [0.717, 1.165) is 11.1 Å². The molecule has 0 spiro atoms. The van der Waals surface area contributed by atoms with Crippen molar-refractivity contribution in [3.8, 4) is 11.5 Å². The van der Waals surface area contributed by atoms with Gasteiger partial charge in [0, 0.05) is 17.1 Å². The van der Waals surface area contributed by atoms with Crippen LogP contribution in [0.3, 0.4) is 0 Å². The minimum Gasteiger partial charge on any atom is -0.497 e. The third-order valence-electron chi connectivity index (χ3n) is 4.98. The fourth-order valence-electron chi connectivity index (χ4n) is 3.35. The Balaban J connectivity index is 1.45. The van der Waals surface area contributed by atoms with E-state index in [0.29, 0.717) is 28.8 Å². The Morgan fingerprint density at radius 2 is 2.03 bits per heavy atom. The highest BCUT2D eigenvalue weighted by Crippen LogP contribution is 2.28. The van der Waals surface area contributed by atoms with Crippen LogP contribution in [0.15, 0.2) is 42.5 Å². The predicted octanol–water partition coefficient (Wildman–Crippen LogP) is 3.15. The van der Waals surface area contributed by atoms with Crippen LogP contribution in [0.1, 0.15) is 33.4 Å². The standard InChI is InChI=1S/C21H21ClN4O4/c1-28-16-7-8-18(29-2)14(9-16)10-23-21(27)20-17-12-30-19(11-26(17)25-24-20)13-3-5-15(22)6-4-13/h3-9,19H,10-12H2,1-2H3,(H,23,27)/t19-/m0/s1. The van der Waals surface area contributed by atoms with Gasteiger partial charge < -0.3 is 19.5 Å². The minimum absolute atomic E-state index is 0.173. The van der Waals surface area contributed by atoms with Crippen LogP contribution in [0.2, 0.25) is 5.02 Å². The van der Waals surface area contributed by atoms with Gasteiger partial charge in [0.2, 0.25) is 0 Å². The number of nitrogens with one attached hydrogen (secondary N) is 1. The summed E-state index contributed by atoms with van der Waals surface area (Å²) in [5.41, 5.74) is 2.70. The zero-order chi connectivity index (χ0) is 21.1. The molecule has 2 heterocycles. The number of fused-ring (bicyclic) bond motifs is 1. The van der Waals surface area contributed by atoms with Crippen molar-refractivity contribution >= 4 is 17.5 Å². The maximum atomic E-state index is 12.7. The van der Waals surface area contributed by atoms with Gasteiger partial charge >= 0.3 is 0 Å². The van der Waals surface area contributed by atoms with Crippen LogP contribution >= 0.6 is 11.6 Å². The lowest BCUT2D eigenvalue weighted by atomic mass is 10.1. The molecule has 9 heteroatoms. The number of ether oxygens (including phenoxy) is 3. The van der Waals surface area contributed by atoms with Gasteiger partial charge in [-0.05, 0) is 35.9 Å². The van der Waals surface area contributed by atoms with E-state index in [-0.39, 0.29) is 30.9 Å². The highest BCUT2D eigenvalue weighted by molar-refractivity contribution is 6.30. The average molecular weight is 429 g/mol. The number of hydrogen-bond acceptors (Lipinski definition) is 6. The van der Waals surface area contributed by atoms with Gasteiger partial charge in [-0.2, -0.15) is 0 Å². The number of benzene rings is 2. The fourth-order valence-corrected chi connectivity index (χ4v) is 3.47. The van der Waals surface area contributed by atoms with Gasteiger partial charge in [-0.3, -0.25) is 4.79 Å². The van der Waals surface area contributed by atoms with Crippen molar-refractivity contribution in [3.63, 3.8) is 0 Å². The summed E-state index contributed by atoms with van der Waals surface area (Å²) in [5.74, 6) is 1.02. The first kappa shape index (κ1) is 20.2. The van der Waals surface area contributed by atoms with Gasteiger partial charge in [0.15, 0.2) is 5.69 Å². The van der Waals surface area contributed by atoms with Gasteiger partial charge in [-0.25, -0.2) is 4.68 Å². The first-order valence-electron chi connectivity index (χ1n) is 9.37. The number of aromatic nitrogens is 3. The number of nitrogens with zero attached hydrogens (tertiary/aromatic N) is 3. The molecule has 30 heavy (non-hydrogen) atoms. The van der Waals surface area contributed by atoms with E-state index in [9.17, 15) is 4.79 Å². The Labute approximate surface area is 178 Å². The summed E-state index contributed by atoms with van der Waals surface area (Å²) in [5, 5.41) is 11.7. The number of methoxy groups -OCH3 is 2. The first-order chi connectivity index (χ1) is 14.6. The second kappa shape index (κ2) is 8.73. The topological polar surface area (TPSA) is 87.5 Å². The van der Waals surface area contributed by atoms with E-state index in [1.165, 1.54) is 0 Å². The third-order valence-corrected chi connectivity index (χ3v) is 5.23. The van der Waals surface area contributed by atoms with Gasteiger partial charge in [0.25, 0.3) is 5.91 Å². The third kappa shape index (κ3) is 4.10. The molecule has 3 aromatic rings. The van der Waals surface area contributed by atoms with Crippen LogP contribution in [-0.2, 0) is 24.4 Å². The first-order valence-corrected chi connectivity index (χ1v) is 9.75. The summed E-state index contributed by atoms with van der Waals surface area (Å²) in [6.45, 7) is 0.978. The summed E-state index contributed by atoms with van der Waals surface area (Å²) in [4.78, 5) is 12.7. The lowest BCUT2D eigenvalue weighted by Gasteiger charge is -2.24. The molecule has 1 aliphatic heterocycles. The van der Waals surface area contributed by atoms with Crippen molar-refractivity contribution in [2.75, 3.05) is 14.2 Å². The zero-order valence-electron chi connectivity index (χ0n) is 16.6. The molecule has 1 amide bonds. The average Bonchev–Trinajstić information content (AvgIpc) is 3.21. The van der Waals surface area contributed by atoms with E-state index < -0.39 is 0 Å². The molecule has 4 rings (SSSR count). The van der Waals surface area contributed by atoms with Gasteiger partial charge in [0.05, 0.1) is 33.1 Å². The Kier molecular flexibility index (Phi) is 5.87. The van der Waals surface area contributed by atoms with Crippen LogP contribution in [0, 0.1) is 0 Å². The smallest absolute Gasteiger partial charge is 0.274 e. The largest absolute Gasteiger partial charge is 0.497 e. The molecular weight excluding hydrogens is 408 g/mol. The molecule has 0 aliphatic carbocycles. The molecule has 0 unspecified atom stereocenters. The molecule has 1 aliphatic rings. The SMILES string of the molecule is COc1ccc(OC)c(CNC(=O)c2nnn3c2CO[C@H](c2ccc(Cl)cc2)C3)c1. The molecule has 0 radical (unpaired) electrons. The number of amides is 1. The zero-order valence-corrected chi connectivity index (χ0v) is 17.3. The Morgan fingerprint density at radius 1 is 1.23 bits per heavy atom. The number of carbonyl (C=O) groups is 1. The molecule has 156 valence electrons. The summed E-state index contributed by atoms with van der Waals surface area (Å²) < 4.78 is 18.3. The van der Waals surface area contributed by atoms with Crippen LogP contribution < -0.4 is 14.8 Å². The van der Waals surface area contributed by atoms with Crippen molar-refractivity contribution < 1.29 is 19.0 Å². The van der Waals surface area contributed by atoms with E-state index in [1.807, 2.05) is 30.3 Å². The van der Waals surface area contributed by atoms with Gasteiger partial charge in [0.1, 0.15) is 17.6 Å². The van der Waals surface area contributed by atoms with Crippen LogP contribution in [0.4, 0.5) is 0 Å². The Hall–Kier alpha value is -3.10.